The van der Waals surface area contributed by atoms with E-state index in [1.807, 2.05) is 0 Å². The Kier molecular flexibility index (Phi) is 6.82. The fourth-order valence-electron chi connectivity index (χ4n) is 1.50. The molecule has 1 aromatic carbocycles. The van der Waals surface area contributed by atoms with Crippen LogP contribution in [0.5, 0.6) is 0 Å². The summed E-state index contributed by atoms with van der Waals surface area (Å²) in [5.41, 5.74) is 0.588. The van der Waals surface area contributed by atoms with Crippen LogP contribution >= 0.6 is 23.2 Å². The van der Waals surface area contributed by atoms with Crippen LogP contribution in [0.2, 0.25) is 5.02 Å². The second-order valence-electron chi connectivity index (χ2n) is 3.75. The molecule has 1 N–H and O–H groups in total. The van der Waals surface area contributed by atoms with Gasteiger partial charge in [-0.05, 0) is 18.6 Å². The van der Waals surface area contributed by atoms with E-state index in [2.05, 4.69) is 5.32 Å². The molecule has 1 aromatic rings. The topological polar surface area (TPSA) is 21.3 Å². The van der Waals surface area contributed by atoms with Crippen LogP contribution in [-0.4, -0.2) is 25.6 Å². The first-order chi connectivity index (χ1) is 8.17. The Labute approximate surface area is 111 Å². The van der Waals surface area contributed by atoms with Gasteiger partial charge in [-0.25, -0.2) is 4.39 Å². The minimum Gasteiger partial charge on any atom is -0.383 e. The molecule has 1 rings (SSSR count). The van der Waals surface area contributed by atoms with E-state index in [4.69, 9.17) is 27.9 Å². The maximum Gasteiger partial charge on any atom is 0.129 e. The molecular weight excluding hydrogens is 264 g/mol. The average Bonchev–Trinajstić information content (AvgIpc) is 2.28. The molecule has 0 aliphatic heterocycles. The van der Waals surface area contributed by atoms with Crippen LogP contribution in [0.25, 0.3) is 0 Å². The van der Waals surface area contributed by atoms with E-state index < -0.39 is 0 Å². The summed E-state index contributed by atoms with van der Waals surface area (Å²) in [6.45, 7) is 0.996. The normalized spacial score (nSPS) is 12.7. The van der Waals surface area contributed by atoms with Crippen molar-refractivity contribution in [2.75, 3.05) is 19.6 Å². The second-order valence-corrected chi connectivity index (χ2v) is 4.56. The van der Waals surface area contributed by atoms with Crippen molar-refractivity contribution in [3.63, 3.8) is 0 Å². The molecule has 5 heteroatoms. The Morgan fingerprint density at radius 3 is 2.82 bits per heavy atom. The van der Waals surface area contributed by atoms with Gasteiger partial charge in [0.15, 0.2) is 0 Å². The number of hydrogen-bond acceptors (Lipinski definition) is 2. The Bertz CT molecular complexity index is 343. The van der Waals surface area contributed by atoms with Crippen molar-refractivity contribution in [2.24, 2.45) is 0 Å². The molecule has 0 bridgehead atoms. The first kappa shape index (κ1) is 14.7. The third-order valence-corrected chi connectivity index (χ3v) is 2.88. The molecule has 0 spiro atoms. The van der Waals surface area contributed by atoms with Crippen molar-refractivity contribution in [1.82, 2.24) is 5.32 Å². The fraction of sp³-hybridized carbons (Fsp3) is 0.500. The Hall–Kier alpha value is -0.350. The van der Waals surface area contributed by atoms with E-state index in [1.54, 1.807) is 19.2 Å². The van der Waals surface area contributed by atoms with Crippen molar-refractivity contribution >= 4 is 23.2 Å². The first-order valence-electron chi connectivity index (χ1n) is 5.39. The predicted octanol–water partition coefficient (Wildman–Crippen LogP) is 3.21. The summed E-state index contributed by atoms with van der Waals surface area (Å²) in [5.74, 6) is 0.247. The smallest absolute Gasteiger partial charge is 0.129 e. The zero-order valence-corrected chi connectivity index (χ0v) is 11.2. The number of benzene rings is 1. The third kappa shape index (κ3) is 5.21. The van der Waals surface area contributed by atoms with Crippen LogP contribution < -0.4 is 5.32 Å². The number of ether oxygens (including phenoxy) is 1. The summed E-state index contributed by atoms with van der Waals surface area (Å²) in [4.78, 5) is 0. The number of rotatable bonds is 7. The summed E-state index contributed by atoms with van der Waals surface area (Å²) >= 11 is 11.4. The quantitative estimate of drug-likeness (QED) is 0.774. The summed E-state index contributed by atoms with van der Waals surface area (Å²) in [5, 5.41) is 3.61. The average molecular weight is 280 g/mol. The summed E-state index contributed by atoms with van der Waals surface area (Å²) < 4.78 is 18.5. The fourth-order valence-corrected chi connectivity index (χ4v) is 1.92. The molecule has 0 aliphatic carbocycles. The monoisotopic (exact) mass is 279 g/mol. The number of hydrogen-bond donors (Lipinski definition) is 1. The molecule has 1 unspecified atom stereocenters. The van der Waals surface area contributed by atoms with Crippen molar-refractivity contribution in [1.29, 1.82) is 0 Å². The Morgan fingerprint density at radius 1 is 1.47 bits per heavy atom. The molecule has 0 saturated heterocycles. The SMILES string of the molecule is COCC(CCCl)NCc1ccc(Cl)cc1F. The van der Waals surface area contributed by atoms with Crippen molar-refractivity contribution in [3.8, 4) is 0 Å². The van der Waals surface area contributed by atoms with E-state index >= 15 is 0 Å². The molecule has 1 atom stereocenters. The maximum absolute atomic E-state index is 13.5. The van der Waals surface area contributed by atoms with Gasteiger partial charge in [0.25, 0.3) is 0 Å². The van der Waals surface area contributed by atoms with Gasteiger partial charge < -0.3 is 10.1 Å². The highest BCUT2D eigenvalue weighted by Crippen LogP contribution is 2.14. The molecule has 0 amide bonds. The van der Waals surface area contributed by atoms with Gasteiger partial charge >= 0.3 is 0 Å². The first-order valence-corrected chi connectivity index (χ1v) is 6.30. The van der Waals surface area contributed by atoms with Crippen LogP contribution in [0, 0.1) is 5.82 Å². The molecule has 17 heavy (non-hydrogen) atoms. The van der Waals surface area contributed by atoms with Gasteiger partial charge in [0.2, 0.25) is 0 Å². The summed E-state index contributed by atoms with van der Waals surface area (Å²) in [6, 6.07) is 4.79. The minimum absolute atomic E-state index is 0.132. The van der Waals surface area contributed by atoms with Crippen molar-refractivity contribution in [2.45, 2.75) is 19.0 Å². The lowest BCUT2D eigenvalue weighted by atomic mass is 10.2. The van der Waals surface area contributed by atoms with Gasteiger partial charge in [-0.2, -0.15) is 0 Å². The van der Waals surface area contributed by atoms with E-state index in [-0.39, 0.29) is 11.9 Å². The van der Waals surface area contributed by atoms with Gasteiger partial charge in [-0.15, -0.1) is 11.6 Å². The zero-order chi connectivity index (χ0) is 12.7. The summed E-state index contributed by atoms with van der Waals surface area (Å²) in [6.07, 6.45) is 0.782. The largest absolute Gasteiger partial charge is 0.383 e. The highest BCUT2D eigenvalue weighted by atomic mass is 35.5. The van der Waals surface area contributed by atoms with Gasteiger partial charge in [-0.3, -0.25) is 0 Å². The van der Waals surface area contributed by atoms with Gasteiger partial charge in [0.05, 0.1) is 6.61 Å². The Morgan fingerprint density at radius 2 is 2.24 bits per heavy atom. The molecule has 0 saturated carbocycles. The molecular formula is C12H16Cl2FNO. The lowest BCUT2D eigenvalue weighted by molar-refractivity contribution is 0.164. The van der Waals surface area contributed by atoms with E-state index in [0.717, 1.165) is 6.42 Å². The van der Waals surface area contributed by atoms with E-state index in [0.29, 0.717) is 29.6 Å². The number of methoxy groups -OCH3 is 1. The molecule has 0 fully saturated rings. The lowest BCUT2D eigenvalue weighted by Gasteiger charge is -2.17. The van der Waals surface area contributed by atoms with Crippen LogP contribution in [0.3, 0.4) is 0 Å². The van der Waals surface area contributed by atoms with Crippen LogP contribution in [0.15, 0.2) is 18.2 Å². The highest BCUT2D eigenvalue weighted by molar-refractivity contribution is 6.30. The van der Waals surface area contributed by atoms with Crippen LogP contribution in [-0.2, 0) is 11.3 Å². The Balaban J connectivity index is 2.52. The molecule has 0 heterocycles. The van der Waals surface area contributed by atoms with E-state index in [9.17, 15) is 4.39 Å². The van der Waals surface area contributed by atoms with Crippen LogP contribution in [0.4, 0.5) is 4.39 Å². The molecule has 0 aliphatic rings. The van der Waals surface area contributed by atoms with E-state index in [1.165, 1.54) is 6.07 Å². The predicted molar refractivity (Wildman–Crippen MR) is 69.3 cm³/mol. The van der Waals surface area contributed by atoms with Crippen LogP contribution in [0.1, 0.15) is 12.0 Å². The second kappa shape index (κ2) is 7.88. The standard InChI is InChI=1S/C12H16Cl2FNO/c1-17-8-11(4-5-13)16-7-9-2-3-10(14)6-12(9)15/h2-3,6,11,16H,4-5,7-8H2,1H3. The highest BCUT2D eigenvalue weighted by Gasteiger charge is 2.09. The molecule has 0 radical (unpaired) electrons. The molecule has 2 nitrogen and oxygen atoms in total. The van der Waals surface area contributed by atoms with Gasteiger partial charge in [-0.1, -0.05) is 17.7 Å². The summed E-state index contributed by atoms with van der Waals surface area (Å²) in [7, 11) is 1.63. The minimum atomic E-state index is -0.299. The van der Waals surface area contributed by atoms with Gasteiger partial charge in [0, 0.05) is 36.2 Å². The van der Waals surface area contributed by atoms with Crippen molar-refractivity contribution in [3.05, 3.63) is 34.6 Å². The van der Waals surface area contributed by atoms with Gasteiger partial charge in [0.1, 0.15) is 5.82 Å². The molecule has 96 valence electrons. The number of alkyl halides is 1. The molecule has 0 aromatic heterocycles. The zero-order valence-electron chi connectivity index (χ0n) is 9.68. The third-order valence-electron chi connectivity index (χ3n) is 2.42. The number of nitrogens with one attached hydrogen (secondary N) is 1. The number of halogens is 3. The lowest BCUT2D eigenvalue weighted by Crippen LogP contribution is -2.33. The maximum atomic E-state index is 13.5. The van der Waals surface area contributed by atoms with Crippen molar-refractivity contribution < 1.29 is 9.13 Å².